The van der Waals surface area contributed by atoms with Crippen LogP contribution in [0.2, 0.25) is 0 Å². The van der Waals surface area contributed by atoms with Crippen LogP contribution < -0.4 is 15.8 Å². The van der Waals surface area contributed by atoms with E-state index in [1.54, 1.807) is 6.20 Å². The number of hydrogen-bond acceptors (Lipinski definition) is 5. The van der Waals surface area contributed by atoms with Crippen LogP contribution in [0, 0.1) is 0 Å². The first-order chi connectivity index (χ1) is 13.6. The van der Waals surface area contributed by atoms with Gasteiger partial charge in [0.05, 0.1) is 5.56 Å². The Morgan fingerprint density at radius 2 is 1.96 bits per heavy atom. The van der Waals surface area contributed by atoms with Gasteiger partial charge in [0, 0.05) is 66.5 Å². The van der Waals surface area contributed by atoms with E-state index >= 15 is 0 Å². The predicted octanol–water partition coefficient (Wildman–Crippen LogP) is 3.29. The number of anilines is 1. The molecule has 0 spiro atoms. The molecule has 1 fully saturated rings. The first kappa shape index (κ1) is 17.0. The molecule has 0 bridgehead atoms. The number of nitrogens with zero attached hydrogens (tertiary/aromatic N) is 3. The third kappa shape index (κ3) is 2.96. The Hall–Kier alpha value is -3.12. The number of nitrogens with one attached hydrogen (secondary N) is 1. The maximum Gasteiger partial charge on any atom is 0.344 e. The summed E-state index contributed by atoms with van der Waals surface area (Å²) in [5.74, 6) is 0. The highest BCUT2D eigenvalue weighted by atomic mass is 16.4. The normalized spacial score (nSPS) is 20.1. The van der Waals surface area contributed by atoms with Crippen molar-refractivity contribution in [1.29, 1.82) is 0 Å². The topological polar surface area (TPSA) is 62.8 Å². The summed E-state index contributed by atoms with van der Waals surface area (Å²) in [6, 6.07) is 12.6. The molecule has 6 heteroatoms. The Morgan fingerprint density at radius 1 is 1.14 bits per heavy atom. The summed E-state index contributed by atoms with van der Waals surface area (Å²) in [4.78, 5) is 19.3. The Balaban J connectivity index is 1.55. The lowest BCUT2D eigenvalue weighted by molar-refractivity contribution is 0.407. The fourth-order valence-corrected chi connectivity index (χ4v) is 4.12. The number of fused-ring (bicyclic) bond motifs is 2. The van der Waals surface area contributed by atoms with Crippen LogP contribution in [0.3, 0.4) is 0 Å². The van der Waals surface area contributed by atoms with E-state index < -0.39 is 0 Å². The van der Waals surface area contributed by atoms with Crippen molar-refractivity contribution in [1.82, 2.24) is 14.7 Å². The standard InChI is InChI=1S/C22H22N4O2/c1-14-11-26(12-15(2)24-14)18-5-4-16-8-19(22(27)28-20(16)10-18)17-9-21-23-6-3-7-25(21)13-17/h3-10,13-15,24H,11-12H2,1-2H3. The van der Waals surface area contributed by atoms with Crippen molar-refractivity contribution in [3.05, 3.63) is 65.4 Å². The molecule has 6 nitrogen and oxygen atoms in total. The summed E-state index contributed by atoms with van der Waals surface area (Å²) < 4.78 is 7.60. The second-order valence-electron chi connectivity index (χ2n) is 7.66. The molecule has 1 aliphatic heterocycles. The molecule has 2 unspecified atom stereocenters. The lowest BCUT2D eigenvalue weighted by atomic mass is 10.1. The summed E-state index contributed by atoms with van der Waals surface area (Å²) in [6.45, 7) is 6.24. The van der Waals surface area contributed by atoms with Crippen LogP contribution in [0.5, 0.6) is 0 Å². The predicted molar refractivity (Wildman–Crippen MR) is 111 cm³/mol. The number of piperazine rings is 1. The highest BCUT2D eigenvalue weighted by molar-refractivity contribution is 5.85. The summed E-state index contributed by atoms with van der Waals surface area (Å²) in [6.07, 6.45) is 5.55. The molecule has 28 heavy (non-hydrogen) atoms. The molecular formula is C22H22N4O2. The van der Waals surface area contributed by atoms with Gasteiger partial charge in [-0.05, 0) is 44.2 Å². The smallest absolute Gasteiger partial charge is 0.344 e. The zero-order chi connectivity index (χ0) is 19.3. The molecular weight excluding hydrogens is 352 g/mol. The summed E-state index contributed by atoms with van der Waals surface area (Å²) in [5, 5.41) is 4.45. The zero-order valence-electron chi connectivity index (χ0n) is 15.9. The Kier molecular flexibility index (Phi) is 3.94. The first-order valence-corrected chi connectivity index (χ1v) is 9.59. The number of rotatable bonds is 2. The Morgan fingerprint density at radius 3 is 2.75 bits per heavy atom. The van der Waals surface area contributed by atoms with E-state index in [0.717, 1.165) is 35.4 Å². The second-order valence-corrected chi connectivity index (χ2v) is 7.66. The number of aromatic nitrogens is 2. The molecule has 1 aromatic carbocycles. The molecule has 142 valence electrons. The molecule has 4 aromatic rings. The summed E-state index contributed by atoms with van der Waals surface area (Å²) >= 11 is 0. The van der Waals surface area contributed by atoms with E-state index in [4.69, 9.17) is 4.42 Å². The van der Waals surface area contributed by atoms with E-state index in [0.29, 0.717) is 23.2 Å². The molecule has 1 N–H and O–H groups in total. The molecule has 2 atom stereocenters. The average Bonchev–Trinajstić information content (AvgIpc) is 3.10. The quantitative estimate of drug-likeness (QED) is 0.546. The van der Waals surface area contributed by atoms with Gasteiger partial charge in [0.2, 0.25) is 0 Å². The summed E-state index contributed by atoms with van der Waals surface area (Å²) in [5.41, 5.74) is 3.53. The SMILES string of the molecule is CC1CN(c2ccc3cc(-c4cc5ncccn5c4)c(=O)oc3c2)CC(C)N1. The van der Waals surface area contributed by atoms with E-state index in [-0.39, 0.29) is 5.63 Å². The van der Waals surface area contributed by atoms with Gasteiger partial charge in [-0.1, -0.05) is 0 Å². The van der Waals surface area contributed by atoms with Gasteiger partial charge in [0.1, 0.15) is 11.2 Å². The van der Waals surface area contributed by atoms with E-state index in [2.05, 4.69) is 35.1 Å². The fraction of sp³-hybridized carbons (Fsp3) is 0.273. The zero-order valence-corrected chi connectivity index (χ0v) is 15.9. The van der Waals surface area contributed by atoms with Crippen molar-refractivity contribution < 1.29 is 4.42 Å². The Labute approximate surface area is 162 Å². The minimum atomic E-state index is -0.331. The van der Waals surface area contributed by atoms with Gasteiger partial charge >= 0.3 is 5.63 Å². The first-order valence-electron chi connectivity index (χ1n) is 9.59. The van der Waals surface area contributed by atoms with Gasteiger partial charge in [-0.3, -0.25) is 0 Å². The molecule has 0 radical (unpaired) electrons. The monoisotopic (exact) mass is 374 g/mol. The largest absolute Gasteiger partial charge is 0.422 e. The van der Waals surface area contributed by atoms with Crippen molar-refractivity contribution in [3.8, 4) is 11.1 Å². The van der Waals surface area contributed by atoms with Crippen molar-refractivity contribution in [3.63, 3.8) is 0 Å². The van der Waals surface area contributed by atoms with Crippen LogP contribution in [0.4, 0.5) is 5.69 Å². The fourth-order valence-electron chi connectivity index (χ4n) is 4.12. The third-order valence-electron chi connectivity index (χ3n) is 5.32. The maximum absolute atomic E-state index is 12.7. The van der Waals surface area contributed by atoms with Gasteiger partial charge in [-0.25, -0.2) is 9.78 Å². The van der Waals surface area contributed by atoms with E-state index in [1.807, 2.05) is 47.1 Å². The molecule has 0 aliphatic carbocycles. The minimum absolute atomic E-state index is 0.331. The second kappa shape index (κ2) is 6.49. The van der Waals surface area contributed by atoms with Crippen LogP contribution in [0.15, 0.2) is 64.2 Å². The molecule has 1 saturated heterocycles. The third-order valence-corrected chi connectivity index (χ3v) is 5.32. The van der Waals surface area contributed by atoms with Gasteiger partial charge in [0.15, 0.2) is 0 Å². The van der Waals surface area contributed by atoms with Crippen molar-refractivity contribution >= 4 is 22.3 Å². The minimum Gasteiger partial charge on any atom is -0.422 e. The molecule has 5 rings (SSSR count). The number of hydrogen-bond donors (Lipinski definition) is 1. The van der Waals surface area contributed by atoms with Gasteiger partial charge in [-0.2, -0.15) is 0 Å². The van der Waals surface area contributed by atoms with Crippen LogP contribution in [0.1, 0.15) is 13.8 Å². The molecule has 1 aliphatic rings. The van der Waals surface area contributed by atoms with Crippen LogP contribution in [-0.4, -0.2) is 34.6 Å². The molecule has 0 amide bonds. The summed E-state index contributed by atoms with van der Waals surface area (Å²) in [7, 11) is 0. The van der Waals surface area contributed by atoms with Crippen molar-refractivity contribution in [2.45, 2.75) is 25.9 Å². The van der Waals surface area contributed by atoms with Crippen molar-refractivity contribution in [2.75, 3.05) is 18.0 Å². The van der Waals surface area contributed by atoms with Crippen molar-refractivity contribution in [2.24, 2.45) is 0 Å². The lowest BCUT2D eigenvalue weighted by Crippen LogP contribution is -2.54. The van der Waals surface area contributed by atoms with Crippen LogP contribution in [-0.2, 0) is 0 Å². The molecule has 0 saturated carbocycles. The Bertz CT molecular complexity index is 1180. The van der Waals surface area contributed by atoms with E-state index in [1.165, 1.54) is 0 Å². The average molecular weight is 374 g/mol. The highest BCUT2D eigenvalue weighted by Crippen LogP contribution is 2.27. The highest BCUT2D eigenvalue weighted by Gasteiger charge is 2.21. The molecule has 4 heterocycles. The van der Waals surface area contributed by atoms with Gasteiger partial charge in [-0.15, -0.1) is 0 Å². The van der Waals surface area contributed by atoms with Gasteiger partial charge < -0.3 is 19.0 Å². The number of benzene rings is 1. The lowest BCUT2D eigenvalue weighted by Gasteiger charge is -2.37. The van der Waals surface area contributed by atoms with Gasteiger partial charge in [0.25, 0.3) is 0 Å². The van der Waals surface area contributed by atoms with E-state index in [9.17, 15) is 4.79 Å². The van der Waals surface area contributed by atoms with Crippen LogP contribution in [0.25, 0.3) is 27.7 Å². The maximum atomic E-state index is 12.7. The molecule has 3 aromatic heterocycles. The van der Waals surface area contributed by atoms with Crippen LogP contribution >= 0.6 is 0 Å².